The molecule has 0 saturated carbocycles. The summed E-state index contributed by atoms with van der Waals surface area (Å²) in [5.74, 6) is 1.68. The van der Waals surface area contributed by atoms with Crippen LogP contribution in [0.25, 0.3) is 97.7 Å². The van der Waals surface area contributed by atoms with E-state index in [2.05, 4.69) is 254 Å². The maximum atomic E-state index is 5.52. The summed E-state index contributed by atoms with van der Waals surface area (Å²) in [6, 6.07) is 81.0. The fourth-order valence-corrected chi connectivity index (χ4v) is 10.3. The lowest BCUT2D eigenvalue weighted by atomic mass is 9.84. The third-order valence-electron chi connectivity index (χ3n) is 13.6. The summed E-state index contributed by atoms with van der Waals surface area (Å²) in [5, 5.41) is 16.2. The van der Waals surface area contributed by atoms with Gasteiger partial charge in [-0.15, -0.1) is 0 Å². The fourth-order valence-electron chi connectivity index (χ4n) is 10.3. The molecule has 0 amide bonds. The number of benzene rings is 11. The molecule has 2 aromatic heterocycles. The van der Waals surface area contributed by atoms with Crippen molar-refractivity contribution in [2.45, 2.75) is 0 Å². The zero-order chi connectivity index (χ0) is 44.4. The topological polar surface area (TPSA) is 32.3 Å². The van der Waals surface area contributed by atoms with Crippen LogP contribution in [0.1, 0.15) is 0 Å². The summed E-state index contributed by atoms with van der Waals surface area (Å²) in [6.45, 7) is 0. The van der Waals surface area contributed by atoms with Crippen molar-refractivity contribution in [3.8, 4) is 22.3 Å². The van der Waals surface area contributed by atoms with E-state index in [4.69, 9.17) is 9.97 Å². The second-order valence-electron chi connectivity index (χ2n) is 17.5. The van der Waals surface area contributed by atoms with Gasteiger partial charge in [0.25, 0.3) is 0 Å². The Morgan fingerprint density at radius 2 is 0.657 bits per heavy atom. The summed E-state index contributed by atoms with van der Waals surface area (Å²) in [4.78, 5) is 15.4. The smallest absolute Gasteiger partial charge is 0.138 e. The van der Waals surface area contributed by atoms with Crippen molar-refractivity contribution in [3.05, 3.63) is 237 Å². The van der Waals surface area contributed by atoms with Crippen molar-refractivity contribution in [2.24, 2.45) is 0 Å². The molecule has 13 rings (SSSR count). The first kappa shape index (κ1) is 38.6. The summed E-state index contributed by atoms with van der Waals surface area (Å²) in [5.41, 5.74) is 7.69. The molecule has 0 N–H and O–H groups in total. The van der Waals surface area contributed by atoms with Crippen LogP contribution in [0.4, 0.5) is 28.7 Å². The average molecular weight is 855 g/mol. The van der Waals surface area contributed by atoms with Gasteiger partial charge in [0, 0.05) is 47.3 Å². The van der Waals surface area contributed by atoms with E-state index in [1.807, 2.05) is 0 Å². The predicted octanol–water partition coefficient (Wildman–Crippen LogP) is 17.1. The van der Waals surface area contributed by atoms with Gasteiger partial charge in [-0.05, 0) is 135 Å². The van der Waals surface area contributed by atoms with Crippen molar-refractivity contribution >= 4 is 104 Å². The molecule has 0 aliphatic rings. The SMILES string of the molecule is CN(c1ccc2ccccc2c1)c1cc2c(-c3cccc4ccccc34)c3cnc(N(c4ccc5ccccc5c4)c4ccc5ccccc5c4)cc3c(-c3cccc4ccccc34)c2cn1. The van der Waals surface area contributed by atoms with E-state index in [-0.39, 0.29) is 0 Å². The minimum Gasteiger partial charge on any atom is -0.329 e. The molecule has 0 fully saturated rings. The normalized spacial score (nSPS) is 11.7. The van der Waals surface area contributed by atoms with E-state index in [0.717, 1.165) is 72.5 Å². The first-order valence-electron chi connectivity index (χ1n) is 22.8. The number of pyridine rings is 2. The molecule has 11 aromatic carbocycles. The summed E-state index contributed by atoms with van der Waals surface area (Å²) in [7, 11) is 2.12. The second kappa shape index (κ2) is 15.7. The van der Waals surface area contributed by atoms with Gasteiger partial charge in [-0.3, -0.25) is 4.90 Å². The molecule has 4 heteroatoms. The minimum absolute atomic E-state index is 0.823. The van der Waals surface area contributed by atoms with Crippen LogP contribution in [0.3, 0.4) is 0 Å². The van der Waals surface area contributed by atoms with Crippen LogP contribution in [-0.4, -0.2) is 17.0 Å². The Morgan fingerprint density at radius 1 is 0.284 bits per heavy atom. The highest BCUT2D eigenvalue weighted by atomic mass is 15.2. The molecule has 0 atom stereocenters. The Kier molecular flexibility index (Phi) is 9.04. The van der Waals surface area contributed by atoms with Crippen LogP contribution < -0.4 is 9.80 Å². The second-order valence-corrected chi connectivity index (χ2v) is 17.5. The highest BCUT2D eigenvalue weighted by Crippen LogP contribution is 2.49. The lowest BCUT2D eigenvalue weighted by Crippen LogP contribution is -2.12. The molecule has 13 aromatic rings. The minimum atomic E-state index is 0.823. The molecule has 0 radical (unpaired) electrons. The standard InChI is InChI=1S/C63H42N4/c1-66(49-31-28-41-14-2-5-19-46(41)34-49)60-37-56-58(39-64-60)63(55-27-13-23-45-18-9-11-25-53(45)55)57-38-61(65-40-59(57)62(56)54-26-12-22-44-17-8-10-24-52(44)54)67(50-32-29-42-15-3-6-20-47(42)35-50)51-33-30-43-16-4-7-21-48(43)36-51/h2-40H,1H3. The molecule has 314 valence electrons. The molecule has 4 nitrogen and oxygen atoms in total. The highest BCUT2D eigenvalue weighted by Gasteiger charge is 2.24. The Balaban J connectivity index is 1.14. The van der Waals surface area contributed by atoms with Gasteiger partial charge >= 0.3 is 0 Å². The van der Waals surface area contributed by atoms with E-state index >= 15 is 0 Å². The van der Waals surface area contributed by atoms with Gasteiger partial charge in [0.2, 0.25) is 0 Å². The van der Waals surface area contributed by atoms with E-state index in [1.165, 1.54) is 53.9 Å². The van der Waals surface area contributed by atoms with E-state index in [9.17, 15) is 0 Å². The van der Waals surface area contributed by atoms with Gasteiger partial charge < -0.3 is 4.90 Å². The lowest BCUT2D eigenvalue weighted by Gasteiger charge is -2.27. The average Bonchev–Trinajstić information content (AvgIpc) is 3.39. The number of fused-ring (bicyclic) bond motifs is 7. The number of aromatic nitrogens is 2. The van der Waals surface area contributed by atoms with E-state index in [0.29, 0.717) is 0 Å². The van der Waals surface area contributed by atoms with E-state index < -0.39 is 0 Å². The van der Waals surface area contributed by atoms with Gasteiger partial charge in [-0.25, -0.2) is 9.97 Å². The van der Waals surface area contributed by atoms with Gasteiger partial charge in [0.1, 0.15) is 11.6 Å². The monoisotopic (exact) mass is 854 g/mol. The van der Waals surface area contributed by atoms with Crippen LogP contribution >= 0.6 is 0 Å². The van der Waals surface area contributed by atoms with Crippen LogP contribution in [0.5, 0.6) is 0 Å². The number of rotatable bonds is 7. The Morgan fingerprint density at radius 3 is 1.15 bits per heavy atom. The predicted molar refractivity (Wildman–Crippen MR) is 285 cm³/mol. The van der Waals surface area contributed by atoms with Crippen LogP contribution in [0.2, 0.25) is 0 Å². The van der Waals surface area contributed by atoms with Gasteiger partial charge in [-0.1, -0.05) is 176 Å². The van der Waals surface area contributed by atoms with Crippen molar-refractivity contribution in [2.75, 3.05) is 16.8 Å². The van der Waals surface area contributed by atoms with Crippen molar-refractivity contribution < 1.29 is 0 Å². The van der Waals surface area contributed by atoms with Crippen molar-refractivity contribution in [1.82, 2.24) is 9.97 Å². The number of anilines is 5. The van der Waals surface area contributed by atoms with Crippen LogP contribution in [0.15, 0.2) is 237 Å². The Labute approximate surface area is 388 Å². The molecular formula is C63H42N4. The zero-order valence-electron chi connectivity index (χ0n) is 36.8. The molecule has 0 bridgehead atoms. The fraction of sp³-hybridized carbons (Fsp3) is 0.0159. The van der Waals surface area contributed by atoms with Gasteiger partial charge in [-0.2, -0.15) is 0 Å². The Hall–Kier alpha value is -8.86. The maximum Gasteiger partial charge on any atom is 0.138 e. The van der Waals surface area contributed by atoms with Crippen LogP contribution in [-0.2, 0) is 0 Å². The van der Waals surface area contributed by atoms with Crippen LogP contribution in [0, 0.1) is 0 Å². The quantitative estimate of drug-likeness (QED) is 0.150. The molecule has 2 heterocycles. The van der Waals surface area contributed by atoms with Gasteiger partial charge in [0.15, 0.2) is 0 Å². The first-order chi connectivity index (χ1) is 33.1. The number of nitrogens with zero attached hydrogens (tertiary/aromatic N) is 4. The van der Waals surface area contributed by atoms with Gasteiger partial charge in [0.05, 0.1) is 0 Å². The third kappa shape index (κ3) is 6.53. The molecule has 0 spiro atoms. The van der Waals surface area contributed by atoms with Crippen molar-refractivity contribution in [1.29, 1.82) is 0 Å². The summed E-state index contributed by atoms with van der Waals surface area (Å²) >= 11 is 0. The molecule has 0 aliphatic heterocycles. The maximum absolute atomic E-state index is 5.52. The molecule has 0 aliphatic carbocycles. The molecule has 67 heavy (non-hydrogen) atoms. The largest absolute Gasteiger partial charge is 0.329 e. The number of hydrogen-bond donors (Lipinski definition) is 0. The third-order valence-corrected chi connectivity index (χ3v) is 13.6. The summed E-state index contributed by atoms with van der Waals surface area (Å²) < 4.78 is 0. The number of hydrogen-bond acceptors (Lipinski definition) is 4. The molecule has 0 saturated heterocycles. The highest BCUT2D eigenvalue weighted by molar-refractivity contribution is 6.25. The molecule has 0 unspecified atom stereocenters. The zero-order valence-corrected chi connectivity index (χ0v) is 36.8. The summed E-state index contributed by atoms with van der Waals surface area (Å²) in [6.07, 6.45) is 4.23. The molecular weight excluding hydrogens is 813 g/mol. The lowest BCUT2D eigenvalue weighted by molar-refractivity contribution is 1.14. The van der Waals surface area contributed by atoms with E-state index in [1.54, 1.807) is 0 Å². The first-order valence-corrected chi connectivity index (χ1v) is 22.8. The Bertz CT molecular complexity index is 4010. The van der Waals surface area contributed by atoms with Crippen molar-refractivity contribution in [3.63, 3.8) is 0 Å².